The van der Waals surface area contributed by atoms with Crippen LogP contribution in [0.25, 0.3) is 6.08 Å². The number of piperidine rings is 1. The minimum atomic E-state index is -0.461. The number of halogens is 2. The second kappa shape index (κ2) is 11.9. The van der Waals surface area contributed by atoms with Gasteiger partial charge in [-0.15, -0.1) is 0 Å². The number of thioether (sulfide) groups is 1. The fourth-order valence-electron chi connectivity index (χ4n) is 4.01. The van der Waals surface area contributed by atoms with Gasteiger partial charge in [0.1, 0.15) is 13.2 Å². The van der Waals surface area contributed by atoms with Crippen molar-refractivity contribution < 1.29 is 23.9 Å². The van der Waals surface area contributed by atoms with Gasteiger partial charge in [0.25, 0.3) is 11.1 Å². The summed E-state index contributed by atoms with van der Waals surface area (Å²) in [4.78, 5) is 41.2. The maximum Gasteiger partial charge on any atom is 0.294 e. The zero-order valence-electron chi connectivity index (χ0n) is 20.0. The number of imide groups is 1. The van der Waals surface area contributed by atoms with E-state index < -0.39 is 11.1 Å². The number of benzene rings is 2. The monoisotopic (exact) mass is 640 g/mol. The van der Waals surface area contributed by atoms with Gasteiger partial charge in [-0.05, 0) is 83.0 Å². The first-order chi connectivity index (χ1) is 17.3. The molecule has 2 aromatic rings. The Morgan fingerprint density at radius 2 is 1.94 bits per heavy atom. The second-order valence-corrected chi connectivity index (χ2v) is 11.3. The summed E-state index contributed by atoms with van der Waals surface area (Å²) in [6, 6.07) is 11.0. The van der Waals surface area contributed by atoms with Crippen LogP contribution in [0, 0.1) is 9.49 Å². The molecule has 0 aliphatic carbocycles. The molecule has 190 valence electrons. The number of likely N-dealkylation sites (tertiary alicyclic amines) is 1. The molecule has 0 atom stereocenters. The summed E-state index contributed by atoms with van der Waals surface area (Å²) in [7, 11) is 1.54. The van der Waals surface area contributed by atoms with E-state index in [9.17, 15) is 14.4 Å². The molecule has 36 heavy (non-hydrogen) atoms. The zero-order valence-corrected chi connectivity index (χ0v) is 23.7. The molecule has 0 radical (unpaired) electrons. The number of rotatable bonds is 7. The summed E-state index contributed by atoms with van der Waals surface area (Å²) < 4.78 is 12.3. The van der Waals surface area contributed by atoms with Gasteiger partial charge >= 0.3 is 0 Å². The van der Waals surface area contributed by atoms with E-state index in [0.717, 1.165) is 38.6 Å². The van der Waals surface area contributed by atoms with Gasteiger partial charge in [-0.2, -0.15) is 0 Å². The van der Waals surface area contributed by atoms with Crippen LogP contribution in [0.4, 0.5) is 4.79 Å². The predicted octanol–water partition coefficient (Wildman–Crippen LogP) is 5.83. The normalized spacial score (nSPS) is 17.7. The van der Waals surface area contributed by atoms with Crippen molar-refractivity contribution in [2.24, 2.45) is 5.92 Å². The summed E-state index contributed by atoms with van der Waals surface area (Å²) in [5.41, 5.74) is 1.53. The van der Waals surface area contributed by atoms with Gasteiger partial charge in [-0.1, -0.05) is 36.7 Å². The first kappa shape index (κ1) is 26.8. The smallest absolute Gasteiger partial charge is 0.294 e. The van der Waals surface area contributed by atoms with E-state index in [2.05, 4.69) is 29.5 Å². The van der Waals surface area contributed by atoms with Crippen molar-refractivity contribution in [2.45, 2.75) is 26.4 Å². The Morgan fingerprint density at radius 3 is 2.64 bits per heavy atom. The van der Waals surface area contributed by atoms with Crippen molar-refractivity contribution in [2.75, 3.05) is 26.7 Å². The Bertz CT molecular complexity index is 1210. The Morgan fingerprint density at radius 1 is 1.22 bits per heavy atom. The summed E-state index contributed by atoms with van der Waals surface area (Å²) in [5, 5.41) is 0.179. The topological polar surface area (TPSA) is 76.2 Å². The van der Waals surface area contributed by atoms with E-state index in [1.165, 1.54) is 0 Å². The molecule has 0 aromatic heterocycles. The number of amides is 3. The van der Waals surface area contributed by atoms with Crippen molar-refractivity contribution in [3.63, 3.8) is 0 Å². The van der Waals surface area contributed by atoms with Crippen LogP contribution in [0.5, 0.6) is 11.5 Å². The number of carbonyl (C=O) groups excluding carboxylic acids is 3. The fourth-order valence-corrected chi connectivity index (χ4v) is 5.82. The van der Waals surface area contributed by atoms with Crippen LogP contribution in [0.2, 0.25) is 5.02 Å². The molecule has 2 fully saturated rings. The lowest BCUT2D eigenvalue weighted by atomic mass is 9.99. The first-order valence-electron chi connectivity index (χ1n) is 11.5. The molecule has 0 N–H and O–H groups in total. The molecule has 2 aromatic carbocycles. The minimum Gasteiger partial charge on any atom is -0.493 e. The lowest BCUT2D eigenvalue weighted by molar-refractivity contribution is -0.136. The van der Waals surface area contributed by atoms with Gasteiger partial charge in [0.15, 0.2) is 11.5 Å². The largest absolute Gasteiger partial charge is 0.493 e. The van der Waals surface area contributed by atoms with Gasteiger partial charge in [0.05, 0.1) is 15.6 Å². The predicted molar refractivity (Wildman–Crippen MR) is 149 cm³/mol. The molecule has 0 spiro atoms. The summed E-state index contributed by atoms with van der Waals surface area (Å²) in [6.45, 7) is 3.53. The van der Waals surface area contributed by atoms with Crippen molar-refractivity contribution in [3.05, 3.63) is 61.0 Å². The van der Waals surface area contributed by atoms with Crippen molar-refractivity contribution in [1.82, 2.24) is 9.80 Å². The first-order valence-corrected chi connectivity index (χ1v) is 13.8. The van der Waals surface area contributed by atoms with Crippen molar-refractivity contribution in [3.8, 4) is 11.5 Å². The van der Waals surface area contributed by atoms with Crippen molar-refractivity contribution >= 4 is 69.1 Å². The van der Waals surface area contributed by atoms with E-state index in [1.54, 1.807) is 30.2 Å². The maximum atomic E-state index is 13.0. The van der Waals surface area contributed by atoms with E-state index in [4.69, 9.17) is 21.1 Å². The van der Waals surface area contributed by atoms with E-state index in [-0.39, 0.29) is 24.0 Å². The molecule has 0 saturated carbocycles. The molecule has 2 saturated heterocycles. The lowest BCUT2D eigenvalue weighted by Gasteiger charge is -2.31. The quantitative estimate of drug-likeness (QED) is 0.280. The molecule has 3 amide bonds. The number of methoxy groups -OCH3 is 1. The number of nitrogens with zero attached hydrogens (tertiary/aromatic N) is 2. The molecule has 4 rings (SSSR count). The highest BCUT2D eigenvalue weighted by Crippen LogP contribution is 2.38. The Labute approximate surface area is 233 Å². The molecule has 2 heterocycles. The van der Waals surface area contributed by atoms with Crippen LogP contribution in [-0.2, 0) is 16.2 Å². The Hall–Kier alpha value is -2.24. The average molecular weight is 641 g/mol. The molecule has 0 unspecified atom stereocenters. The van der Waals surface area contributed by atoms with Crippen LogP contribution < -0.4 is 9.47 Å². The average Bonchev–Trinajstić information content (AvgIpc) is 3.11. The highest BCUT2D eigenvalue weighted by atomic mass is 127. The highest BCUT2D eigenvalue weighted by Gasteiger charge is 2.37. The van der Waals surface area contributed by atoms with E-state index in [1.807, 2.05) is 24.3 Å². The standard InChI is InChI=1S/C26H26ClIN2O5S/c1-16-7-9-29(10-8-16)23(31)14-30-25(32)22(36-26(30)33)13-17-11-20(28)24(21(12-17)34-2)35-15-18-5-3-4-6-19(18)27/h3-6,11-13,16H,7-10,14-15H2,1-2H3/b22-13+. The molecule has 10 heteroatoms. The summed E-state index contributed by atoms with van der Waals surface area (Å²) in [5.74, 6) is 0.985. The number of ether oxygens (including phenoxy) is 2. The molecular formula is C26H26ClIN2O5S. The van der Waals surface area contributed by atoms with Gasteiger partial charge in [-0.3, -0.25) is 19.3 Å². The number of hydrogen-bond acceptors (Lipinski definition) is 6. The van der Waals surface area contributed by atoms with Gasteiger partial charge in [0, 0.05) is 23.7 Å². The third-order valence-corrected chi connectivity index (χ3v) is 8.26. The van der Waals surface area contributed by atoms with Crippen LogP contribution in [-0.4, -0.2) is 53.6 Å². The summed E-state index contributed by atoms with van der Waals surface area (Å²) in [6.07, 6.45) is 3.51. The van der Waals surface area contributed by atoms with E-state index in [0.29, 0.717) is 41.1 Å². The van der Waals surface area contributed by atoms with Crippen LogP contribution in [0.15, 0.2) is 41.3 Å². The van der Waals surface area contributed by atoms with Crippen molar-refractivity contribution in [1.29, 1.82) is 0 Å². The van der Waals surface area contributed by atoms with Gasteiger partial charge in [0.2, 0.25) is 5.91 Å². The highest BCUT2D eigenvalue weighted by molar-refractivity contribution is 14.1. The lowest BCUT2D eigenvalue weighted by Crippen LogP contribution is -2.45. The van der Waals surface area contributed by atoms with E-state index >= 15 is 0 Å². The molecular weight excluding hydrogens is 615 g/mol. The minimum absolute atomic E-state index is 0.193. The van der Waals surface area contributed by atoms with Gasteiger partial charge < -0.3 is 14.4 Å². The maximum absolute atomic E-state index is 13.0. The SMILES string of the molecule is COc1cc(/C=C2/SC(=O)N(CC(=O)N3CCC(C)CC3)C2=O)cc(I)c1OCc1ccccc1Cl. The molecule has 2 aliphatic heterocycles. The third-order valence-electron chi connectivity index (χ3n) is 6.18. The van der Waals surface area contributed by atoms with Crippen LogP contribution >= 0.6 is 46.0 Å². The number of hydrogen-bond donors (Lipinski definition) is 0. The number of carbonyl (C=O) groups is 3. The molecule has 0 bridgehead atoms. The molecule has 2 aliphatic rings. The zero-order chi connectivity index (χ0) is 25.8. The van der Waals surface area contributed by atoms with Crippen LogP contribution in [0.1, 0.15) is 30.9 Å². The Kier molecular flexibility index (Phi) is 8.84. The fraction of sp³-hybridized carbons (Fsp3) is 0.346. The molecule has 7 nitrogen and oxygen atoms in total. The van der Waals surface area contributed by atoms with Crippen LogP contribution in [0.3, 0.4) is 0 Å². The second-order valence-electron chi connectivity index (χ2n) is 8.75. The van der Waals surface area contributed by atoms with Gasteiger partial charge in [-0.25, -0.2) is 0 Å². The Balaban J connectivity index is 1.47. The summed E-state index contributed by atoms with van der Waals surface area (Å²) >= 11 is 9.21. The third kappa shape index (κ3) is 6.18.